The zero-order chi connectivity index (χ0) is 13.2. The Bertz CT molecular complexity index is 431. The minimum Gasteiger partial charge on any atom is -0.314 e. The van der Waals surface area contributed by atoms with Crippen molar-refractivity contribution in [2.75, 3.05) is 26.2 Å². The van der Waals surface area contributed by atoms with E-state index in [0.717, 1.165) is 19.0 Å². The highest BCUT2D eigenvalue weighted by molar-refractivity contribution is 5.32. The van der Waals surface area contributed by atoms with Gasteiger partial charge < -0.3 is 5.32 Å². The highest BCUT2D eigenvalue weighted by Crippen LogP contribution is 2.41. The Kier molecular flexibility index (Phi) is 3.90. The molecule has 2 fully saturated rings. The molecule has 1 saturated carbocycles. The Morgan fingerprint density at radius 2 is 1.84 bits per heavy atom. The topological polar surface area (TPSA) is 15.3 Å². The number of nitrogens with zero attached hydrogens (tertiary/aromatic N) is 1. The molecule has 2 heteroatoms. The molecule has 0 radical (unpaired) electrons. The van der Waals surface area contributed by atoms with Gasteiger partial charge in [-0.3, -0.25) is 4.90 Å². The summed E-state index contributed by atoms with van der Waals surface area (Å²) in [5.74, 6) is 0.889. The zero-order valence-electron chi connectivity index (χ0n) is 12.3. The lowest BCUT2D eigenvalue weighted by Gasteiger charge is -2.43. The van der Waals surface area contributed by atoms with Crippen molar-refractivity contribution in [3.05, 3.63) is 34.9 Å². The van der Waals surface area contributed by atoms with E-state index in [1.54, 1.807) is 5.56 Å². The predicted octanol–water partition coefficient (Wildman–Crippen LogP) is 3.05. The SMILES string of the molecule is Cc1ccc(C(C2CCC2)N2CCNCC2)cc1C. The maximum atomic E-state index is 3.47. The number of rotatable bonds is 3. The van der Waals surface area contributed by atoms with Gasteiger partial charge in [0, 0.05) is 32.2 Å². The van der Waals surface area contributed by atoms with Crippen LogP contribution in [-0.2, 0) is 0 Å². The second-order valence-corrected chi connectivity index (χ2v) is 6.27. The molecular formula is C17H26N2. The molecule has 0 spiro atoms. The molecule has 2 nitrogen and oxygen atoms in total. The van der Waals surface area contributed by atoms with Gasteiger partial charge in [-0.1, -0.05) is 24.6 Å². The van der Waals surface area contributed by atoms with Gasteiger partial charge in [-0.15, -0.1) is 0 Å². The lowest BCUT2D eigenvalue weighted by Crippen LogP contribution is -2.47. The minimum atomic E-state index is 0.662. The van der Waals surface area contributed by atoms with Crippen molar-refractivity contribution < 1.29 is 0 Å². The Labute approximate surface area is 117 Å². The lowest BCUT2D eigenvalue weighted by atomic mass is 9.76. The summed E-state index contributed by atoms with van der Waals surface area (Å²) in [4.78, 5) is 2.71. The molecule has 1 aromatic rings. The molecule has 3 rings (SSSR count). The highest BCUT2D eigenvalue weighted by Gasteiger charge is 2.33. The molecule has 1 unspecified atom stereocenters. The fraction of sp³-hybridized carbons (Fsp3) is 0.647. The largest absolute Gasteiger partial charge is 0.314 e. The number of benzene rings is 1. The van der Waals surface area contributed by atoms with E-state index >= 15 is 0 Å². The molecule has 1 heterocycles. The Hall–Kier alpha value is -0.860. The van der Waals surface area contributed by atoms with Crippen LogP contribution >= 0.6 is 0 Å². The third-order valence-electron chi connectivity index (χ3n) is 5.01. The van der Waals surface area contributed by atoms with Crippen molar-refractivity contribution in [1.29, 1.82) is 0 Å². The first kappa shape index (κ1) is 13.1. The van der Waals surface area contributed by atoms with Gasteiger partial charge in [-0.2, -0.15) is 0 Å². The smallest absolute Gasteiger partial charge is 0.0377 e. The van der Waals surface area contributed by atoms with Crippen molar-refractivity contribution in [3.8, 4) is 0 Å². The minimum absolute atomic E-state index is 0.662. The van der Waals surface area contributed by atoms with E-state index in [1.807, 2.05) is 0 Å². The fourth-order valence-electron chi connectivity index (χ4n) is 3.45. The molecular weight excluding hydrogens is 232 g/mol. The Morgan fingerprint density at radius 1 is 1.11 bits per heavy atom. The standard InChI is InChI=1S/C17H26N2/c1-13-6-7-16(12-14(13)2)17(15-4-3-5-15)19-10-8-18-9-11-19/h6-7,12,15,17-18H,3-5,8-11H2,1-2H3. The van der Waals surface area contributed by atoms with Crippen LogP contribution in [0.4, 0.5) is 0 Å². The van der Waals surface area contributed by atoms with Gasteiger partial charge in [0.1, 0.15) is 0 Å². The van der Waals surface area contributed by atoms with Gasteiger partial charge in [0.25, 0.3) is 0 Å². The Morgan fingerprint density at radius 3 is 2.42 bits per heavy atom. The second kappa shape index (κ2) is 5.64. The van der Waals surface area contributed by atoms with Crippen LogP contribution in [0, 0.1) is 19.8 Å². The van der Waals surface area contributed by atoms with Crippen molar-refractivity contribution in [1.82, 2.24) is 10.2 Å². The number of hydrogen-bond donors (Lipinski definition) is 1. The van der Waals surface area contributed by atoms with E-state index in [-0.39, 0.29) is 0 Å². The van der Waals surface area contributed by atoms with E-state index in [4.69, 9.17) is 0 Å². The van der Waals surface area contributed by atoms with Crippen molar-refractivity contribution >= 4 is 0 Å². The average Bonchev–Trinajstić information content (AvgIpc) is 2.38. The summed E-state index contributed by atoms with van der Waals surface area (Å²) < 4.78 is 0. The maximum Gasteiger partial charge on any atom is 0.0377 e. The van der Waals surface area contributed by atoms with Gasteiger partial charge in [0.15, 0.2) is 0 Å². The molecule has 1 aromatic carbocycles. The summed E-state index contributed by atoms with van der Waals surface area (Å²) in [7, 11) is 0. The van der Waals surface area contributed by atoms with E-state index < -0.39 is 0 Å². The van der Waals surface area contributed by atoms with Crippen LogP contribution in [0.2, 0.25) is 0 Å². The summed E-state index contributed by atoms with van der Waals surface area (Å²) in [6.45, 7) is 9.15. The summed E-state index contributed by atoms with van der Waals surface area (Å²) in [6, 6.07) is 7.77. The first-order valence-corrected chi connectivity index (χ1v) is 7.77. The number of aryl methyl sites for hydroxylation is 2. The van der Waals surface area contributed by atoms with E-state index in [2.05, 4.69) is 42.3 Å². The van der Waals surface area contributed by atoms with E-state index in [9.17, 15) is 0 Å². The van der Waals surface area contributed by atoms with Gasteiger partial charge >= 0.3 is 0 Å². The van der Waals surface area contributed by atoms with Crippen LogP contribution in [0.25, 0.3) is 0 Å². The highest BCUT2D eigenvalue weighted by atomic mass is 15.2. The average molecular weight is 258 g/mol. The van der Waals surface area contributed by atoms with Crippen LogP contribution in [0.1, 0.15) is 42.0 Å². The molecule has 1 atom stereocenters. The van der Waals surface area contributed by atoms with Gasteiger partial charge in [-0.25, -0.2) is 0 Å². The normalized spacial score (nSPS) is 23.1. The van der Waals surface area contributed by atoms with Crippen molar-refractivity contribution in [2.45, 2.75) is 39.2 Å². The molecule has 0 bridgehead atoms. The van der Waals surface area contributed by atoms with Gasteiger partial charge in [0.2, 0.25) is 0 Å². The molecule has 0 amide bonds. The predicted molar refractivity (Wildman–Crippen MR) is 80.4 cm³/mol. The third kappa shape index (κ3) is 2.70. The van der Waals surface area contributed by atoms with Crippen LogP contribution < -0.4 is 5.32 Å². The summed E-state index contributed by atoms with van der Waals surface area (Å²) in [6.07, 6.45) is 4.27. The van der Waals surface area contributed by atoms with Crippen LogP contribution in [0.15, 0.2) is 18.2 Å². The monoisotopic (exact) mass is 258 g/mol. The third-order valence-corrected chi connectivity index (χ3v) is 5.01. The van der Waals surface area contributed by atoms with Gasteiger partial charge in [-0.05, 0) is 49.3 Å². The molecule has 1 aliphatic heterocycles. The lowest BCUT2D eigenvalue weighted by molar-refractivity contribution is 0.0837. The van der Waals surface area contributed by atoms with Crippen LogP contribution in [-0.4, -0.2) is 31.1 Å². The maximum absolute atomic E-state index is 3.47. The van der Waals surface area contributed by atoms with E-state index in [1.165, 1.54) is 43.5 Å². The molecule has 1 saturated heterocycles. The number of nitrogens with one attached hydrogen (secondary N) is 1. The van der Waals surface area contributed by atoms with Gasteiger partial charge in [0.05, 0.1) is 0 Å². The molecule has 1 aliphatic carbocycles. The summed E-state index contributed by atoms with van der Waals surface area (Å²) in [5, 5.41) is 3.47. The van der Waals surface area contributed by atoms with E-state index in [0.29, 0.717) is 6.04 Å². The first-order chi connectivity index (χ1) is 9.25. The van der Waals surface area contributed by atoms with Crippen molar-refractivity contribution in [3.63, 3.8) is 0 Å². The molecule has 2 aliphatic rings. The van der Waals surface area contributed by atoms with Crippen LogP contribution in [0.5, 0.6) is 0 Å². The quantitative estimate of drug-likeness (QED) is 0.896. The molecule has 0 aromatic heterocycles. The summed E-state index contributed by atoms with van der Waals surface area (Å²) in [5.41, 5.74) is 4.41. The molecule has 1 N–H and O–H groups in total. The second-order valence-electron chi connectivity index (χ2n) is 6.27. The fourth-order valence-corrected chi connectivity index (χ4v) is 3.45. The molecule has 104 valence electrons. The zero-order valence-corrected chi connectivity index (χ0v) is 12.3. The first-order valence-electron chi connectivity index (χ1n) is 7.77. The molecule has 19 heavy (non-hydrogen) atoms. The number of piperazine rings is 1. The Balaban J connectivity index is 1.86. The summed E-state index contributed by atoms with van der Waals surface area (Å²) >= 11 is 0. The van der Waals surface area contributed by atoms with Crippen LogP contribution in [0.3, 0.4) is 0 Å². The van der Waals surface area contributed by atoms with Crippen molar-refractivity contribution in [2.24, 2.45) is 5.92 Å². The number of hydrogen-bond acceptors (Lipinski definition) is 2.